The van der Waals surface area contributed by atoms with Gasteiger partial charge in [-0.25, -0.2) is 0 Å². The number of halogens is 1. The van der Waals surface area contributed by atoms with Gasteiger partial charge < -0.3 is 9.64 Å². The molecule has 3 heterocycles. The predicted octanol–water partition coefficient (Wildman–Crippen LogP) is 4.53. The summed E-state index contributed by atoms with van der Waals surface area (Å²) < 4.78 is 7.41. The average Bonchev–Trinajstić information content (AvgIpc) is 3.13. The number of aryl methyl sites for hydroxylation is 1. The van der Waals surface area contributed by atoms with E-state index >= 15 is 0 Å². The number of anilines is 1. The number of hydrogen-bond acceptors (Lipinski definition) is 4. The maximum atomic E-state index is 13.4. The second-order valence-electron chi connectivity index (χ2n) is 6.85. The van der Waals surface area contributed by atoms with Crippen molar-refractivity contribution >= 4 is 23.2 Å². The third-order valence-electron chi connectivity index (χ3n) is 4.84. The highest BCUT2D eigenvalue weighted by Gasteiger charge is 2.34. The van der Waals surface area contributed by atoms with Crippen LogP contribution in [0.4, 0.5) is 5.69 Å². The van der Waals surface area contributed by atoms with Crippen LogP contribution in [0.2, 0.25) is 5.02 Å². The van der Waals surface area contributed by atoms with Crippen LogP contribution in [0, 0.1) is 6.92 Å². The van der Waals surface area contributed by atoms with Crippen molar-refractivity contribution in [3.05, 3.63) is 59.1 Å². The summed E-state index contributed by atoms with van der Waals surface area (Å²) in [5, 5.41) is 5.02. The molecule has 7 heteroatoms. The van der Waals surface area contributed by atoms with Crippen LogP contribution in [-0.4, -0.2) is 33.8 Å². The minimum absolute atomic E-state index is 0.0376. The molecule has 1 aliphatic heterocycles. The number of rotatable bonds is 4. The SMILES string of the molecule is CCOc1cc(N2CC(C)n3ncc(-c4ccnc(C)c4)c3C2=O)ccc1Cl. The van der Waals surface area contributed by atoms with Crippen molar-refractivity contribution in [2.45, 2.75) is 26.8 Å². The molecular weight excluding hydrogens is 376 g/mol. The van der Waals surface area contributed by atoms with Crippen molar-refractivity contribution < 1.29 is 9.53 Å². The van der Waals surface area contributed by atoms with Gasteiger partial charge in [0.05, 0.1) is 23.9 Å². The van der Waals surface area contributed by atoms with Crippen molar-refractivity contribution in [1.29, 1.82) is 0 Å². The molecule has 0 aliphatic carbocycles. The Kier molecular flexibility index (Phi) is 4.81. The van der Waals surface area contributed by atoms with Crippen molar-refractivity contribution in [2.24, 2.45) is 0 Å². The summed E-state index contributed by atoms with van der Waals surface area (Å²) in [6.07, 6.45) is 3.51. The van der Waals surface area contributed by atoms with Crippen molar-refractivity contribution in [3.63, 3.8) is 0 Å². The van der Waals surface area contributed by atoms with Crippen LogP contribution in [0.5, 0.6) is 5.75 Å². The molecule has 6 nitrogen and oxygen atoms in total. The Morgan fingerprint density at radius 2 is 2.11 bits per heavy atom. The van der Waals surface area contributed by atoms with Gasteiger partial charge in [-0.1, -0.05) is 11.6 Å². The second-order valence-corrected chi connectivity index (χ2v) is 7.26. The lowest BCUT2D eigenvalue weighted by Gasteiger charge is -2.32. The van der Waals surface area contributed by atoms with Crippen molar-refractivity contribution in [1.82, 2.24) is 14.8 Å². The van der Waals surface area contributed by atoms with Crippen LogP contribution >= 0.6 is 11.6 Å². The Hall–Kier alpha value is -2.86. The number of fused-ring (bicyclic) bond motifs is 1. The number of carbonyl (C=O) groups is 1. The fourth-order valence-corrected chi connectivity index (χ4v) is 3.71. The molecule has 0 bridgehead atoms. The molecule has 28 heavy (non-hydrogen) atoms. The fraction of sp³-hybridized carbons (Fsp3) is 0.286. The molecule has 1 aromatic carbocycles. The molecule has 0 fully saturated rings. The van der Waals surface area contributed by atoms with Gasteiger partial charge >= 0.3 is 0 Å². The summed E-state index contributed by atoms with van der Waals surface area (Å²) in [4.78, 5) is 19.4. The predicted molar refractivity (Wildman–Crippen MR) is 109 cm³/mol. The molecule has 0 N–H and O–H groups in total. The molecule has 1 amide bonds. The molecule has 0 saturated heterocycles. The lowest BCUT2D eigenvalue weighted by molar-refractivity contribution is 0.0954. The zero-order valence-corrected chi connectivity index (χ0v) is 16.8. The average molecular weight is 397 g/mol. The van der Waals surface area contributed by atoms with Gasteiger partial charge in [-0.05, 0) is 50.6 Å². The smallest absolute Gasteiger partial charge is 0.277 e. The molecule has 3 aromatic rings. The van der Waals surface area contributed by atoms with Gasteiger partial charge in [0.1, 0.15) is 11.4 Å². The van der Waals surface area contributed by atoms with E-state index in [1.807, 2.05) is 42.8 Å². The largest absolute Gasteiger partial charge is 0.492 e. The molecule has 2 aromatic heterocycles. The normalized spacial score (nSPS) is 16.2. The van der Waals surface area contributed by atoms with Gasteiger partial charge in [-0.3, -0.25) is 14.5 Å². The Morgan fingerprint density at radius 3 is 2.86 bits per heavy atom. The molecule has 1 unspecified atom stereocenters. The van der Waals surface area contributed by atoms with Gasteiger partial charge in [0.15, 0.2) is 0 Å². The van der Waals surface area contributed by atoms with E-state index < -0.39 is 0 Å². The molecular formula is C21H21ClN4O2. The number of hydrogen-bond donors (Lipinski definition) is 0. The number of amides is 1. The Morgan fingerprint density at radius 1 is 1.29 bits per heavy atom. The fourth-order valence-electron chi connectivity index (χ4n) is 3.53. The number of nitrogens with zero attached hydrogens (tertiary/aromatic N) is 4. The third kappa shape index (κ3) is 3.14. The number of carbonyl (C=O) groups excluding carboxylic acids is 1. The highest BCUT2D eigenvalue weighted by atomic mass is 35.5. The number of aromatic nitrogens is 3. The maximum Gasteiger partial charge on any atom is 0.277 e. The van der Waals surface area contributed by atoms with E-state index in [4.69, 9.17) is 16.3 Å². The standard InChI is InChI=1S/C21H21ClN4O2/c1-4-28-19-10-16(5-6-18(19)22)25-12-14(3)26-20(21(25)27)17(11-24-26)15-7-8-23-13(2)9-15/h5-11,14H,4,12H2,1-3H3. The zero-order valence-electron chi connectivity index (χ0n) is 16.0. The Labute approximate surface area is 168 Å². The Balaban J connectivity index is 1.78. The monoisotopic (exact) mass is 396 g/mol. The second kappa shape index (κ2) is 7.28. The van der Waals surface area contributed by atoms with Crippen molar-refractivity contribution in [3.8, 4) is 16.9 Å². The minimum atomic E-state index is -0.0927. The first-order valence-electron chi connectivity index (χ1n) is 9.24. The summed E-state index contributed by atoms with van der Waals surface area (Å²) in [6, 6.07) is 9.33. The van der Waals surface area contributed by atoms with Crippen LogP contribution in [0.15, 0.2) is 42.7 Å². The lowest BCUT2D eigenvalue weighted by Crippen LogP contribution is -2.42. The van der Waals surface area contributed by atoms with E-state index in [0.717, 1.165) is 22.5 Å². The first-order valence-corrected chi connectivity index (χ1v) is 9.62. The molecule has 0 radical (unpaired) electrons. The number of ether oxygens (including phenoxy) is 1. The van der Waals surface area contributed by atoms with Gasteiger partial charge in [0.25, 0.3) is 5.91 Å². The first-order chi connectivity index (χ1) is 13.5. The summed E-state index contributed by atoms with van der Waals surface area (Å²) in [5.74, 6) is 0.482. The lowest BCUT2D eigenvalue weighted by atomic mass is 10.0. The zero-order chi connectivity index (χ0) is 19.8. The van der Waals surface area contributed by atoms with Crippen LogP contribution in [-0.2, 0) is 0 Å². The third-order valence-corrected chi connectivity index (χ3v) is 5.15. The molecule has 0 spiro atoms. The highest BCUT2D eigenvalue weighted by Crippen LogP contribution is 2.35. The van der Waals surface area contributed by atoms with Crippen molar-refractivity contribution in [2.75, 3.05) is 18.1 Å². The van der Waals surface area contributed by atoms with Crippen LogP contribution in [0.25, 0.3) is 11.1 Å². The minimum Gasteiger partial charge on any atom is -0.492 e. The van der Waals surface area contributed by atoms with E-state index in [2.05, 4.69) is 17.0 Å². The number of benzene rings is 1. The summed E-state index contributed by atoms with van der Waals surface area (Å²) in [7, 11) is 0. The van der Waals surface area contributed by atoms with E-state index in [1.165, 1.54) is 0 Å². The highest BCUT2D eigenvalue weighted by molar-refractivity contribution is 6.32. The quantitative estimate of drug-likeness (QED) is 0.650. The first kappa shape index (κ1) is 18.5. The van der Waals surface area contributed by atoms with Gasteiger partial charge in [0.2, 0.25) is 0 Å². The van der Waals surface area contributed by atoms with E-state index in [1.54, 1.807) is 23.4 Å². The van der Waals surface area contributed by atoms with E-state index in [-0.39, 0.29) is 11.9 Å². The molecule has 0 saturated carbocycles. The molecule has 1 atom stereocenters. The van der Waals surface area contributed by atoms with E-state index in [9.17, 15) is 4.79 Å². The van der Waals surface area contributed by atoms with Gasteiger partial charge in [0, 0.05) is 35.8 Å². The molecule has 4 rings (SSSR count). The topological polar surface area (TPSA) is 60.2 Å². The summed E-state index contributed by atoms with van der Waals surface area (Å²) >= 11 is 6.21. The van der Waals surface area contributed by atoms with Crippen LogP contribution in [0.1, 0.15) is 36.1 Å². The van der Waals surface area contributed by atoms with Crippen LogP contribution in [0.3, 0.4) is 0 Å². The summed E-state index contributed by atoms with van der Waals surface area (Å²) in [5.41, 5.74) is 3.98. The molecule has 1 aliphatic rings. The van der Waals surface area contributed by atoms with Gasteiger partial charge in [-0.15, -0.1) is 0 Å². The van der Waals surface area contributed by atoms with Crippen LogP contribution < -0.4 is 9.64 Å². The van der Waals surface area contributed by atoms with E-state index in [0.29, 0.717) is 29.6 Å². The Bertz CT molecular complexity index is 1050. The maximum absolute atomic E-state index is 13.4. The van der Waals surface area contributed by atoms with Gasteiger partial charge in [-0.2, -0.15) is 5.10 Å². The summed E-state index contributed by atoms with van der Waals surface area (Å²) in [6.45, 7) is 6.91. The molecule has 144 valence electrons. The number of pyridine rings is 1.